The van der Waals surface area contributed by atoms with Gasteiger partial charge in [-0.15, -0.1) is 0 Å². The Morgan fingerprint density at radius 2 is 2.33 bits per heavy atom. The Balaban J connectivity index is 1.72. The molecule has 2 heterocycles. The van der Waals surface area contributed by atoms with Gasteiger partial charge in [0.05, 0.1) is 23.3 Å². The van der Waals surface area contributed by atoms with Crippen LogP contribution in [0.5, 0.6) is 0 Å². The molecule has 1 saturated heterocycles. The second-order valence-corrected chi connectivity index (χ2v) is 6.61. The Kier molecular flexibility index (Phi) is 4.64. The molecule has 112 valence electrons. The molecule has 0 bridgehead atoms. The number of fused-ring (bicyclic) bond motifs is 1. The predicted molar refractivity (Wildman–Crippen MR) is 90.2 cm³/mol. The number of hydrogen-bond acceptors (Lipinski definition) is 4. The molecule has 1 aliphatic rings. The molecule has 0 amide bonds. The average Bonchev–Trinajstić information content (AvgIpc) is 2.45. The number of halogens is 2. The van der Waals surface area contributed by atoms with Crippen LogP contribution in [0.25, 0.3) is 10.9 Å². The highest BCUT2D eigenvalue weighted by Crippen LogP contribution is 2.27. The van der Waals surface area contributed by atoms with E-state index in [-0.39, 0.29) is 6.10 Å². The van der Waals surface area contributed by atoms with Crippen molar-refractivity contribution in [3.05, 3.63) is 33.8 Å². The van der Waals surface area contributed by atoms with Gasteiger partial charge < -0.3 is 15.0 Å². The van der Waals surface area contributed by atoms with Crippen molar-refractivity contribution in [2.45, 2.75) is 6.10 Å². The summed E-state index contributed by atoms with van der Waals surface area (Å²) in [6, 6.07) is 7.86. The maximum absolute atomic E-state index is 6.25. The summed E-state index contributed by atoms with van der Waals surface area (Å²) in [5.74, 6) is 0.823. The van der Waals surface area contributed by atoms with Gasteiger partial charge >= 0.3 is 0 Å². The predicted octanol–water partition coefficient (Wildman–Crippen LogP) is 3.39. The summed E-state index contributed by atoms with van der Waals surface area (Å²) in [7, 11) is 2.11. The normalized spacial score (nSPS) is 19.9. The Morgan fingerprint density at radius 1 is 1.48 bits per heavy atom. The molecule has 0 saturated carbocycles. The van der Waals surface area contributed by atoms with Gasteiger partial charge in [-0.1, -0.05) is 27.5 Å². The highest BCUT2D eigenvalue weighted by atomic mass is 79.9. The highest BCUT2D eigenvalue weighted by molar-refractivity contribution is 9.10. The van der Waals surface area contributed by atoms with Crippen LogP contribution in [0, 0.1) is 0 Å². The Bertz CT molecular complexity index is 652. The first-order valence-corrected chi connectivity index (χ1v) is 8.09. The Labute approximate surface area is 137 Å². The fraction of sp³-hybridized carbons (Fsp3) is 0.400. The number of likely N-dealkylation sites (N-methyl/N-ethyl adjacent to an activating group) is 1. The first-order valence-electron chi connectivity index (χ1n) is 6.91. The number of hydrogen-bond donors (Lipinski definition) is 1. The largest absolute Gasteiger partial charge is 0.374 e. The second-order valence-electron chi connectivity index (χ2n) is 5.29. The topological polar surface area (TPSA) is 37.4 Å². The first kappa shape index (κ1) is 15.0. The van der Waals surface area contributed by atoms with E-state index in [4.69, 9.17) is 16.3 Å². The molecule has 1 atom stereocenters. The van der Waals surface area contributed by atoms with E-state index in [0.29, 0.717) is 5.02 Å². The smallest absolute Gasteiger partial charge is 0.126 e. The molecule has 3 rings (SSSR count). The summed E-state index contributed by atoms with van der Waals surface area (Å²) in [5.41, 5.74) is 0.812. The van der Waals surface area contributed by atoms with E-state index in [1.54, 1.807) is 0 Å². The van der Waals surface area contributed by atoms with Crippen LogP contribution in [-0.4, -0.2) is 49.3 Å². The lowest BCUT2D eigenvalue weighted by molar-refractivity contribution is -0.0117. The van der Waals surface area contributed by atoms with Crippen LogP contribution < -0.4 is 5.32 Å². The van der Waals surface area contributed by atoms with Crippen molar-refractivity contribution in [1.29, 1.82) is 0 Å². The van der Waals surface area contributed by atoms with E-state index in [0.717, 1.165) is 47.4 Å². The van der Waals surface area contributed by atoms with Crippen LogP contribution in [0.3, 0.4) is 0 Å². The molecule has 4 nitrogen and oxygen atoms in total. The second kappa shape index (κ2) is 6.48. The Hall–Kier alpha value is -0.880. The number of pyridine rings is 1. The van der Waals surface area contributed by atoms with Crippen molar-refractivity contribution >= 4 is 44.3 Å². The van der Waals surface area contributed by atoms with E-state index in [9.17, 15) is 0 Å². The quantitative estimate of drug-likeness (QED) is 0.898. The molecule has 2 aromatic rings. The lowest BCUT2D eigenvalue weighted by Crippen LogP contribution is -2.43. The fourth-order valence-corrected chi connectivity index (χ4v) is 3.34. The zero-order valence-electron chi connectivity index (χ0n) is 11.8. The zero-order valence-corrected chi connectivity index (χ0v) is 14.1. The molecule has 6 heteroatoms. The molecular formula is C15H17BrClN3O. The van der Waals surface area contributed by atoms with Gasteiger partial charge in [-0.2, -0.15) is 0 Å². The molecule has 0 aliphatic carbocycles. The van der Waals surface area contributed by atoms with Gasteiger partial charge in [0.15, 0.2) is 0 Å². The number of rotatable bonds is 3. The maximum atomic E-state index is 6.25. The standard InChI is InChI=1S/C15H17BrClN3O/c1-20-4-5-21-12(9-20)8-18-14-3-2-10-6-11(16)7-13(17)15(10)19-14/h2-3,6-7,12H,4-5,8-9H2,1H3,(H,18,19). The van der Waals surface area contributed by atoms with Gasteiger partial charge in [0.2, 0.25) is 0 Å². The Morgan fingerprint density at radius 3 is 3.14 bits per heavy atom. The lowest BCUT2D eigenvalue weighted by atomic mass is 10.2. The van der Waals surface area contributed by atoms with E-state index >= 15 is 0 Å². The summed E-state index contributed by atoms with van der Waals surface area (Å²) in [6.07, 6.45) is 0.196. The van der Waals surface area contributed by atoms with Crippen LogP contribution in [0.15, 0.2) is 28.7 Å². The minimum Gasteiger partial charge on any atom is -0.374 e. The monoisotopic (exact) mass is 369 g/mol. The third-order valence-electron chi connectivity index (χ3n) is 3.56. The van der Waals surface area contributed by atoms with Crippen molar-refractivity contribution in [2.24, 2.45) is 0 Å². The van der Waals surface area contributed by atoms with Gasteiger partial charge in [-0.05, 0) is 31.3 Å². The number of anilines is 1. The van der Waals surface area contributed by atoms with Crippen molar-refractivity contribution < 1.29 is 4.74 Å². The molecule has 1 unspecified atom stereocenters. The summed E-state index contributed by atoms with van der Waals surface area (Å²) >= 11 is 9.69. The number of benzene rings is 1. The van der Waals surface area contributed by atoms with E-state index in [1.165, 1.54) is 0 Å². The summed E-state index contributed by atoms with van der Waals surface area (Å²) < 4.78 is 6.69. The molecule has 21 heavy (non-hydrogen) atoms. The van der Waals surface area contributed by atoms with Gasteiger partial charge in [0.25, 0.3) is 0 Å². The molecule has 1 aromatic heterocycles. The third-order valence-corrected chi connectivity index (χ3v) is 4.31. The summed E-state index contributed by atoms with van der Waals surface area (Å²) in [6.45, 7) is 3.47. The van der Waals surface area contributed by atoms with Crippen molar-refractivity contribution in [1.82, 2.24) is 9.88 Å². The highest BCUT2D eigenvalue weighted by Gasteiger charge is 2.17. The summed E-state index contributed by atoms with van der Waals surface area (Å²) in [4.78, 5) is 6.86. The molecule has 0 radical (unpaired) electrons. The molecule has 1 aliphatic heterocycles. The van der Waals surface area contributed by atoms with Crippen LogP contribution in [-0.2, 0) is 4.74 Å². The molecule has 1 fully saturated rings. The molecule has 1 aromatic carbocycles. The van der Waals surface area contributed by atoms with E-state index in [1.807, 2.05) is 24.3 Å². The van der Waals surface area contributed by atoms with E-state index < -0.39 is 0 Å². The number of morpholine rings is 1. The van der Waals surface area contributed by atoms with Gasteiger partial charge in [0.1, 0.15) is 5.82 Å². The SMILES string of the molecule is CN1CCOC(CNc2ccc3cc(Br)cc(Cl)c3n2)C1. The van der Waals surface area contributed by atoms with Crippen LogP contribution >= 0.6 is 27.5 Å². The summed E-state index contributed by atoms with van der Waals surface area (Å²) in [5, 5.41) is 5.01. The van der Waals surface area contributed by atoms with Crippen LogP contribution in [0.4, 0.5) is 5.82 Å². The zero-order chi connectivity index (χ0) is 14.8. The van der Waals surface area contributed by atoms with Crippen LogP contribution in [0.1, 0.15) is 0 Å². The molecular weight excluding hydrogens is 354 g/mol. The minimum atomic E-state index is 0.196. The maximum Gasteiger partial charge on any atom is 0.126 e. The van der Waals surface area contributed by atoms with Crippen molar-refractivity contribution in [3.63, 3.8) is 0 Å². The van der Waals surface area contributed by atoms with Crippen molar-refractivity contribution in [3.8, 4) is 0 Å². The van der Waals surface area contributed by atoms with Gasteiger partial charge in [-0.25, -0.2) is 4.98 Å². The minimum absolute atomic E-state index is 0.196. The molecule has 1 N–H and O–H groups in total. The number of aromatic nitrogens is 1. The van der Waals surface area contributed by atoms with Gasteiger partial charge in [0, 0.05) is 29.5 Å². The number of nitrogens with one attached hydrogen (secondary N) is 1. The molecule has 0 spiro atoms. The number of ether oxygens (including phenoxy) is 1. The number of nitrogens with zero attached hydrogens (tertiary/aromatic N) is 2. The van der Waals surface area contributed by atoms with E-state index in [2.05, 4.69) is 38.2 Å². The van der Waals surface area contributed by atoms with Crippen LogP contribution in [0.2, 0.25) is 5.02 Å². The first-order chi connectivity index (χ1) is 10.1. The average molecular weight is 371 g/mol. The third kappa shape index (κ3) is 3.66. The lowest BCUT2D eigenvalue weighted by Gasteiger charge is -2.30. The fourth-order valence-electron chi connectivity index (χ4n) is 2.46. The van der Waals surface area contributed by atoms with Crippen molar-refractivity contribution in [2.75, 3.05) is 38.6 Å². The van der Waals surface area contributed by atoms with Gasteiger partial charge in [-0.3, -0.25) is 0 Å².